The van der Waals surface area contributed by atoms with Crippen LogP contribution < -0.4 is 11.3 Å². The Balaban J connectivity index is 3.04. The van der Waals surface area contributed by atoms with E-state index in [1.165, 1.54) is 5.56 Å². The lowest BCUT2D eigenvalue weighted by Gasteiger charge is -2.11. The molecule has 0 saturated carbocycles. The summed E-state index contributed by atoms with van der Waals surface area (Å²) in [5.74, 6) is 0. The largest absolute Gasteiger partial charge is 0.326 e. The predicted molar refractivity (Wildman–Crippen MR) is 66.7 cm³/mol. The number of hydrogen-bond donors (Lipinski definition) is 2. The van der Waals surface area contributed by atoms with Crippen molar-refractivity contribution < 1.29 is 0 Å². The summed E-state index contributed by atoms with van der Waals surface area (Å²) in [5, 5.41) is 1.13. The second-order valence-electron chi connectivity index (χ2n) is 4.21. The molecule has 0 unspecified atom stereocenters. The summed E-state index contributed by atoms with van der Waals surface area (Å²) in [6.07, 6.45) is 0. The van der Waals surface area contributed by atoms with Gasteiger partial charge in [-0.05, 0) is 37.5 Å². The molecule has 0 spiro atoms. The van der Waals surface area contributed by atoms with Crippen LogP contribution in [0.3, 0.4) is 0 Å². The third-order valence-corrected chi connectivity index (χ3v) is 3.17. The maximum atomic E-state index is 11.8. The van der Waals surface area contributed by atoms with E-state index in [2.05, 4.69) is 11.1 Å². The van der Waals surface area contributed by atoms with E-state index in [0.717, 1.165) is 22.0 Å². The van der Waals surface area contributed by atoms with E-state index < -0.39 is 0 Å². The topological polar surface area (TPSA) is 58.9 Å². The highest BCUT2D eigenvalue weighted by molar-refractivity contribution is 5.88. The number of fused-ring (bicyclic) bond motifs is 1. The normalized spacial score (nSPS) is 11.0. The minimum Gasteiger partial charge on any atom is -0.326 e. The van der Waals surface area contributed by atoms with Crippen LogP contribution in [0.1, 0.15) is 22.3 Å². The van der Waals surface area contributed by atoms with Crippen LogP contribution in [0.15, 0.2) is 16.9 Å². The number of aromatic nitrogens is 1. The van der Waals surface area contributed by atoms with Gasteiger partial charge in [-0.25, -0.2) is 0 Å². The summed E-state index contributed by atoms with van der Waals surface area (Å²) >= 11 is 0. The number of hydrogen-bond acceptors (Lipinski definition) is 2. The lowest BCUT2D eigenvalue weighted by atomic mass is 9.98. The van der Waals surface area contributed by atoms with Crippen LogP contribution in [0.2, 0.25) is 0 Å². The molecule has 3 heteroatoms. The first-order chi connectivity index (χ1) is 7.56. The first-order valence-electron chi connectivity index (χ1n) is 5.38. The van der Waals surface area contributed by atoms with Gasteiger partial charge in [0.1, 0.15) is 0 Å². The van der Waals surface area contributed by atoms with Crippen molar-refractivity contribution in [2.75, 3.05) is 0 Å². The highest BCUT2D eigenvalue weighted by Gasteiger charge is 2.10. The van der Waals surface area contributed by atoms with Crippen molar-refractivity contribution in [3.8, 4) is 0 Å². The number of nitrogens with two attached hydrogens (primary N) is 1. The van der Waals surface area contributed by atoms with Crippen LogP contribution in [0.25, 0.3) is 10.9 Å². The molecule has 1 aromatic carbocycles. The monoisotopic (exact) mass is 216 g/mol. The Morgan fingerprint density at radius 3 is 2.44 bits per heavy atom. The van der Waals surface area contributed by atoms with E-state index in [0.29, 0.717) is 5.56 Å². The Hall–Kier alpha value is -1.61. The number of rotatable bonds is 1. The SMILES string of the molecule is Cc1ccc(C)c2c(C)c(CN)c(=O)[nH]c12. The molecule has 0 atom stereocenters. The lowest BCUT2D eigenvalue weighted by Crippen LogP contribution is -2.18. The molecular formula is C13H16N2O. The lowest BCUT2D eigenvalue weighted by molar-refractivity contribution is 1.01. The number of aryl methyl sites for hydroxylation is 3. The number of aromatic amines is 1. The molecule has 0 aliphatic carbocycles. The molecular weight excluding hydrogens is 200 g/mol. The highest BCUT2D eigenvalue weighted by atomic mass is 16.1. The van der Waals surface area contributed by atoms with E-state index in [-0.39, 0.29) is 12.1 Å². The van der Waals surface area contributed by atoms with Crippen LogP contribution in [0, 0.1) is 20.8 Å². The van der Waals surface area contributed by atoms with Gasteiger partial charge in [-0.3, -0.25) is 4.79 Å². The van der Waals surface area contributed by atoms with Crippen LogP contribution in [0.5, 0.6) is 0 Å². The third-order valence-electron chi connectivity index (χ3n) is 3.17. The minimum absolute atomic E-state index is 0.0683. The van der Waals surface area contributed by atoms with Crippen molar-refractivity contribution in [1.82, 2.24) is 4.98 Å². The fraction of sp³-hybridized carbons (Fsp3) is 0.308. The summed E-state index contributed by atoms with van der Waals surface area (Å²) in [7, 11) is 0. The standard InChI is InChI=1S/C13H16N2O/c1-7-4-5-8(2)12-11(7)9(3)10(6-14)13(16)15-12/h4-5H,6,14H2,1-3H3,(H,15,16). The molecule has 0 bridgehead atoms. The van der Waals surface area contributed by atoms with Gasteiger partial charge in [0.15, 0.2) is 0 Å². The minimum atomic E-state index is -0.0683. The molecule has 84 valence electrons. The zero-order valence-corrected chi connectivity index (χ0v) is 9.85. The molecule has 16 heavy (non-hydrogen) atoms. The Morgan fingerprint density at radius 1 is 1.19 bits per heavy atom. The van der Waals surface area contributed by atoms with Crippen LogP contribution in [0.4, 0.5) is 0 Å². The number of H-pyrrole nitrogens is 1. The molecule has 0 radical (unpaired) electrons. The molecule has 2 rings (SSSR count). The van der Waals surface area contributed by atoms with E-state index in [9.17, 15) is 4.79 Å². The van der Waals surface area contributed by atoms with Gasteiger partial charge in [0, 0.05) is 17.5 Å². The molecule has 2 aromatic rings. The Kier molecular flexibility index (Phi) is 2.56. The van der Waals surface area contributed by atoms with E-state index in [1.54, 1.807) is 0 Å². The predicted octanol–water partition coefficient (Wildman–Crippen LogP) is 1.91. The highest BCUT2D eigenvalue weighted by Crippen LogP contribution is 2.23. The Labute approximate surface area is 94.3 Å². The van der Waals surface area contributed by atoms with Crippen molar-refractivity contribution >= 4 is 10.9 Å². The number of nitrogens with one attached hydrogen (secondary N) is 1. The van der Waals surface area contributed by atoms with E-state index in [1.807, 2.05) is 26.8 Å². The van der Waals surface area contributed by atoms with Crippen molar-refractivity contribution in [2.45, 2.75) is 27.3 Å². The van der Waals surface area contributed by atoms with Crippen molar-refractivity contribution in [2.24, 2.45) is 5.73 Å². The molecule has 1 aromatic heterocycles. The van der Waals surface area contributed by atoms with E-state index >= 15 is 0 Å². The zero-order valence-electron chi connectivity index (χ0n) is 9.85. The van der Waals surface area contributed by atoms with Gasteiger partial charge >= 0.3 is 0 Å². The number of benzene rings is 1. The van der Waals surface area contributed by atoms with Gasteiger partial charge in [-0.15, -0.1) is 0 Å². The average Bonchev–Trinajstić information content (AvgIpc) is 2.24. The Morgan fingerprint density at radius 2 is 1.81 bits per heavy atom. The summed E-state index contributed by atoms with van der Waals surface area (Å²) in [6, 6.07) is 4.10. The van der Waals surface area contributed by atoms with Gasteiger partial charge in [0.2, 0.25) is 0 Å². The summed E-state index contributed by atoms with van der Waals surface area (Å²) in [4.78, 5) is 14.7. The second-order valence-corrected chi connectivity index (χ2v) is 4.21. The van der Waals surface area contributed by atoms with Crippen LogP contribution in [-0.4, -0.2) is 4.98 Å². The molecule has 0 fully saturated rings. The molecule has 0 saturated heterocycles. The molecule has 0 aliphatic heterocycles. The van der Waals surface area contributed by atoms with Gasteiger partial charge in [-0.1, -0.05) is 12.1 Å². The quantitative estimate of drug-likeness (QED) is 0.765. The maximum absolute atomic E-state index is 11.8. The molecule has 3 N–H and O–H groups in total. The summed E-state index contributed by atoms with van der Waals surface area (Å²) in [6.45, 7) is 6.29. The maximum Gasteiger partial charge on any atom is 0.253 e. The summed E-state index contributed by atoms with van der Waals surface area (Å²) in [5.41, 5.74) is 10.4. The fourth-order valence-electron chi connectivity index (χ4n) is 2.21. The van der Waals surface area contributed by atoms with E-state index in [4.69, 9.17) is 5.73 Å². The van der Waals surface area contributed by atoms with Crippen molar-refractivity contribution in [1.29, 1.82) is 0 Å². The zero-order chi connectivity index (χ0) is 11.9. The van der Waals surface area contributed by atoms with Crippen LogP contribution in [-0.2, 0) is 6.54 Å². The fourth-order valence-corrected chi connectivity index (χ4v) is 2.21. The third kappa shape index (κ3) is 1.44. The van der Waals surface area contributed by atoms with Crippen LogP contribution >= 0.6 is 0 Å². The molecule has 1 heterocycles. The second kappa shape index (κ2) is 3.76. The van der Waals surface area contributed by atoms with Crippen molar-refractivity contribution in [3.63, 3.8) is 0 Å². The average molecular weight is 216 g/mol. The smallest absolute Gasteiger partial charge is 0.253 e. The first kappa shape index (κ1) is 10.9. The first-order valence-corrected chi connectivity index (χ1v) is 5.38. The molecule has 3 nitrogen and oxygen atoms in total. The van der Waals surface area contributed by atoms with Gasteiger partial charge < -0.3 is 10.7 Å². The van der Waals surface area contributed by atoms with Gasteiger partial charge in [0.05, 0.1) is 5.52 Å². The van der Waals surface area contributed by atoms with Crippen molar-refractivity contribution in [3.05, 3.63) is 44.7 Å². The molecule has 0 amide bonds. The molecule has 0 aliphatic rings. The summed E-state index contributed by atoms with van der Waals surface area (Å²) < 4.78 is 0. The van der Waals surface area contributed by atoms with Gasteiger partial charge in [0.25, 0.3) is 5.56 Å². The number of pyridine rings is 1. The van der Waals surface area contributed by atoms with Gasteiger partial charge in [-0.2, -0.15) is 0 Å². The Bertz CT molecular complexity index is 611.